The maximum atomic E-state index is 13.1. The van der Waals surface area contributed by atoms with Crippen LogP contribution in [0.4, 0.5) is 4.79 Å². The summed E-state index contributed by atoms with van der Waals surface area (Å²) in [4.78, 5) is 12.2. The number of cyclic esters (lactones) is 1. The first-order chi connectivity index (χ1) is 13.9. The van der Waals surface area contributed by atoms with Gasteiger partial charge in [-0.2, -0.15) is 4.31 Å². The molecule has 0 radical (unpaired) electrons. The van der Waals surface area contributed by atoms with Crippen LogP contribution >= 0.6 is 15.9 Å². The maximum Gasteiger partial charge on any atom is 0.424 e. The Morgan fingerprint density at radius 1 is 1.17 bits per heavy atom. The lowest BCUT2D eigenvalue weighted by Crippen LogP contribution is -2.52. The van der Waals surface area contributed by atoms with Crippen LogP contribution < -0.4 is 0 Å². The molecule has 2 aromatic carbocycles. The number of nitrogens with zero attached hydrogens (tertiary/aromatic N) is 1. The molecule has 2 atom stereocenters. The van der Waals surface area contributed by atoms with Gasteiger partial charge in [0.1, 0.15) is 0 Å². The lowest BCUT2D eigenvalue weighted by Gasteiger charge is -2.36. The number of amides is 1. The fourth-order valence-electron chi connectivity index (χ4n) is 3.16. The summed E-state index contributed by atoms with van der Waals surface area (Å²) in [6, 6.07) is 15.7. The normalized spacial score (nSPS) is 18.3. The van der Waals surface area contributed by atoms with E-state index in [1.807, 2.05) is 37.3 Å². The highest BCUT2D eigenvalue weighted by Gasteiger charge is 2.42. The second kappa shape index (κ2) is 9.73. The van der Waals surface area contributed by atoms with Crippen LogP contribution in [-0.2, 0) is 26.1 Å². The van der Waals surface area contributed by atoms with Crippen LogP contribution in [0.15, 0.2) is 59.5 Å². The Hall–Kier alpha value is -1.90. The van der Waals surface area contributed by atoms with Crippen LogP contribution in [0.1, 0.15) is 24.0 Å². The van der Waals surface area contributed by atoms with Crippen molar-refractivity contribution in [1.29, 1.82) is 0 Å². The number of halogens is 1. The third kappa shape index (κ3) is 5.38. The van der Waals surface area contributed by atoms with Gasteiger partial charge in [0.2, 0.25) is 0 Å². The van der Waals surface area contributed by atoms with Crippen molar-refractivity contribution in [3.63, 3.8) is 0 Å². The van der Waals surface area contributed by atoms with E-state index in [-0.39, 0.29) is 16.3 Å². The molecule has 6 nitrogen and oxygen atoms in total. The number of sulfonamides is 1. The highest BCUT2D eigenvalue weighted by molar-refractivity contribution is 9.09. The first-order valence-electron chi connectivity index (χ1n) is 9.43. The summed E-state index contributed by atoms with van der Waals surface area (Å²) in [6.07, 6.45) is 0.146. The Balaban J connectivity index is 1.67. The first-order valence-corrected chi connectivity index (χ1v) is 11.8. The van der Waals surface area contributed by atoms with E-state index < -0.39 is 22.2 Å². The van der Waals surface area contributed by atoms with Gasteiger partial charge in [0.25, 0.3) is 10.0 Å². The molecule has 0 spiro atoms. The van der Waals surface area contributed by atoms with Crippen LogP contribution in [0.25, 0.3) is 0 Å². The van der Waals surface area contributed by atoms with Gasteiger partial charge in [0.05, 0.1) is 24.2 Å². The Bertz CT molecular complexity index is 918. The summed E-state index contributed by atoms with van der Waals surface area (Å²) in [5, 5.41) is 0. The Morgan fingerprint density at radius 2 is 1.86 bits per heavy atom. The molecule has 1 saturated heterocycles. The van der Waals surface area contributed by atoms with Crippen molar-refractivity contribution in [2.45, 2.75) is 42.1 Å². The first kappa shape index (κ1) is 21.8. The van der Waals surface area contributed by atoms with Crippen LogP contribution in [0, 0.1) is 6.92 Å². The largest absolute Gasteiger partial charge is 0.449 e. The smallest absolute Gasteiger partial charge is 0.424 e. The van der Waals surface area contributed by atoms with Crippen LogP contribution in [0.3, 0.4) is 0 Å². The zero-order valence-electron chi connectivity index (χ0n) is 16.2. The van der Waals surface area contributed by atoms with Crippen molar-refractivity contribution in [3.05, 3.63) is 65.7 Å². The quantitative estimate of drug-likeness (QED) is 0.415. The second-order valence-electron chi connectivity index (χ2n) is 6.93. The molecule has 0 aliphatic carbocycles. The average molecular weight is 482 g/mol. The molecule has 0 unspecified atom stereocenters. The molecule has 0 saturated carbocycles. The third-order valence-corrected chi connectivity index (χ3v) is 7.64. The predicted molar refractivity (Wildman–Crippen MR) is 113 cm³/mol. The SMILES string of the molecule is Cc1ccc(S(=O)(=O)N2C(=O)OCC[C@@H]2[C@@H](Br)CCOCc2ccccc2)cc1. The molecule has 1 amide bonds. The van der Waals surface area contributed by atoms with Gasteiger partial charge < -0.3 is 9.47 Å². The van der Waals surface area contributed by atoms with E-state index in [4.69, 9.17) is 9.47 Å². The molecule has 0 N–H and O–H groups in total. The van der Waals surface area contributed by atoms with E-state index in [0.717, 1.165) is 15.4 Å². The number of hydrogen-bond donors (Lipinski definition) is 0. The van der Waals surface area contributed by atoms with Gasteiger partial charge in [0.15, 0.2) is 0 Å². The number of ether oxygens (including phenoxy) is 2. The molecule has 1 aliphatic rings. The van der Waals surface area contributed by atoms with Crippen molar-refractivity contribution in [2.24, 2.45) is 0 Å². The van der Waals surface area contributed by atoms with Gasteiger partial charge in [-0.1, -0.05) is 64.0 Å². The number of carbonyl (C=O) groups is 1. The summed E-state index contributed by atoms with van der Waals surface area (Å²) < 4.78 is 37.9. The van der Waals surface area contributed by atoms with Gasteiger partial charge in [-0.15, -0.1) is 0 Å². The summed E-state index contributed by atoms with van der Waals surface area (Å²) in [5.41, 5.74) is 2.01. The minimum atomic E-state index is -4.01. The van der Waals surface area contributed by atoms with E-state index in [0.29, 0.717) is 26.1 Å². The minimum Gasteiger partial charge on any atom is -0.449 e. The monoisotopic (exact) mass is 481 g/mol. The average Bonchev–Trinajstić information content (AvgIpc) is 2.72. The molecular weight excluding hydrogens is 458 g/mol. The molecule has 2 aromatic rings. The van der Waals surface area contributed by atoms with Gasteiger partial charge in [-0.3, -0.25) is 0 Å². The molecule has 0 aromatic heterocycles. The minimum absolute atomic E-state index is 0.0759. The summed E-state index contributed by atoms with van der Waals surface area (Å²) >= 11 is 3.58. The third-order valence-electron chi connectivity index (χ3n) is 4.77. The summed E-state index contributed by atoms with van der Waals surface area (Å²) in [7, 11) is -4.01. The second-order valence-corrected chi connectivity index (χ2v) is 9.92. The molecule has 1 fully saturated rings. The van der Waals surface area contributed by atoms with Crippen molar-refractivity contribution in [1.82, 2.24) is 4.31 Å². The van der Waals surface area contributed by atoms with Crippen molar-refractivity contribution in [2.75, 3.05) is 13.2 Å². The lowest BCUT2D eigenvalue weighted by atomic mass is 10.1. The van der Waals surface area contributed by atoms with E-state index in [2.05, 4.69) is 15.9 Å². The maximum absolute atomic E-state index is 13.1. The Kier molecular flexibility index (Phi) is 7.32. The summed E-state index contributed by atoms with van der Waals surface area (Å²) in [6.45, 7) is 2.99. The lowest BCUT2D eigenvalue weighted by molar-refractivity contribution is 0.0719. The molecular formula is C21H24BrNO5S. The highest BCUT2D eigenvalue weighted by Crippen LogP contribution is 2.30. The molecule has 156 valence electrons. The van der Waals surface area contributed by atoms with E-state index in [9.17, 15) is 13.2 Å². The van der Waals surface area contributed by atoms with Gasteiger partial charge >= 0.3 is 6.09 Å². The zero-order valence-corrected chi connectivity index (χ0v) is 18.6. The van der Waals surface area contributed by atoms with Crippen LogP contribution in [-0.4, -0.2) is 42.9 Å². The molecule has 0 bridgehead atoms. The molecule has 1 heterocycles. The van der Waals surface area contributed by atoms with E-state index >= 15 is 0 Å². The van der Waals surface area contributed by atoms with E-state index in [1.54, 1.807) is 12.1 Å². The van der Waals surface area contributed by atoms with Crippen molar-refractivity contribution in [3.8, 4) is 0 Å². The van der Waals surface area contributed by atoms with Crippen LogP contribution in [0.5, 0.6) is 0 Å². The Labute approximate surface area is 180 Å². The summed E-state index contributed by atoms with van der Waals surface area (Å²) in [5.74, 6) is 0. The number of rotatable bonds is 8. The fourth-order valence-corrected chi connectivity index (χ4v) is 5.57. The van der Waals surface area contributed by atoms with Crippen LogP contribution in [0.2, 0.25) is 0 Å². The number of alkyl halides is 1. The fraction of sp³-hybridized carbons (Fsp3) is 0.381. The zero-order chi connectivity index (χ0) is 20.9. The molecule has 29 heavy (non-hydrogen) atoms. The molecule has 3 rings (SSSR count). The van der Waals surface area contributed by atoms with Crippen molar-refractivity contribution < 1.29 is 22.7 Å². The number of hydrogen-bond acceptors (Lipinski definition) is 5. The highest BCUT2D eigenvalue weighted by atomic mass is 79.9. The van der Waals surface area contributed by atoms with Gasteiger partial charge in [0, 0.05) is 17.9 Å². The number of carbonyl (C=O) groups excluding carboxylic acids is 1. The Morgan fingerprint density at radius 3 is 2.55 bits per heavy atom. The van der Waals surface area contributed by atoms with Gasteiger partial charge in [-0.25, -0.2) is 13.2 Å². The van der Waals surface area contributed by atoms with Crippen molar-refractivity contribution >= 4 is 32.0 Å². The number of benzene rings is 2. The standard InChI is InChI=1S/C21H24BrNO5S/c1-16-7-9-18(10-8-16)29(25,26)23-20(12-14-28-21(23)24)19(22)11-13-27-15-17-5-3-2-4-6-17/h2-10,19-20H,11-15H2,1H3/t19-,20+/m0/s1. The molecule has 1 aliphatic heterocycles. The predicted octanol–water partition coefficient (Wildman–Crippen LogP) is 4.27. The number of aryl methyl sites for hydroxylation is 1. The molecule has 8 heteroatoms. The van der Waals surface area contributed by atoms with Gasteiger partial charge in [-0.05, 0) is 31.0 Å². The van der Waals surface area contributed by atoms with E-state index in [1.165, 1.54) is 12.1 Å². The topological polar surface area (TPSA) is 72.9 Å².